The van der Waals surface area contributed by atoms with Crippen LogP contribution in [-0.2, 0) is 41.9 Å². The van der Waals surface area contributed by atoms with Crippen molar-refractivity contribution in [2.75, 3.05) is 0 Å². The van der Waals surface area contributed by atoms with Crippen LogP contribution in [0.1, 0.15) is 162 Å². The van der Waals surface area contributed by atoms with Gasteiger partial charge in [0.05, 0.1) is 10.5 Å². The molecule has 0 amide bonds. The molecule has 0 radical (unpaired) electrons. The molecule has 398 valence electrons. The van der Waals surface area contributed by atoms with Gasteiger partial charge >= 0.3 is 0 Å². The molecule has 4 aliphatic rings. The number of nitrogens with zero attached hydrogens (tertiary/aromatic N) is 1. The predicted molar refractivity (Wildman–Crippen MR) is 294 cm³/mol. The topological polar surface area (TPSA) is 177 Å². The van der Waals surface area contributed by atoms with Crippen molar-refractivity contribution in [1.29, 1.82) is 5.26 Å². The molecule has 2 N–H and O–H groups in total. The first kappa shape index (κ1) is 54.5. The molecule has 0 aliphatic heterocycles. The fourth-order valence-electron chi connectivity index (χ4n) is 13.8. The van der Waals surface area contributed by atoms with Crippen molar-refractivity contribution in [3.63, 3.8) is 0 Å². The molecule has 0 spiro atoms. The zero-order valence-electron chi connectivity index (χ0n) is 44.8. The van der Waals surface area contributed by atoms with Gasteiger partial charge in [0.25, 0.3) is 20.2 Å². The third-order valence-electron chi connectivity index (χ3n) is 18.0. The summed E-state index contributed by atoms with van der Waals surface area (Å²) in [6, 6.07) is 40.5. The second kappa shape index (κ2) is 20.2. The van der Waals surface area contributed by atoms with Crippen molar-refractivity contribution in [3.8, 4) is 34.8 Å². The van der Waals surface area contributed by atoms with Gasteiger partial charge in [-0.1, -0.05) is 108 Å². The Morgan fingerprint density at radius 1 is 0.618 bits per heavy atom. The minimum atomic E-state index is -4.91. The van der Waals surface area contributed by atoms with Crippen molar-refractivity contribution in [2.24, 2.45) is 11.8 Å². The molecule has 0 aromatic heterocycles. The molecule has 6 aromatic carbocycles. The summed E-state index contributed by atoms with van der Waals surface area (Å²) >= 11 is 0. The number of ether oxygens (including phenoxy) is 3. The Bertz CT molecular complexity index is 3430. The number of aryl methyl sites for hydroxylation is 1. The van der Waals surface area contributed by atoms with E-state index in [1.54, 1.807) is 0 Å². The molecule has 10 rings (SSSR count). The summed E-state index contributed by atoms with van der Waals surface area (Å²) in [7, 11) is -9.63. The van der Waals surface area contributed by atoms with Gasteiger partial charge in [-0.05, 0) is 195 Å². The molecule has 11 nitrogen and oxygen atoms in total. The maximum Gasteiger partial charge on any atom is 0.298 e. The van der Waals surface area contributed by atoms with Crippen LogP contribution < -0.4 is 14.2 Å². The van der Waals surface area contributed by atoms with Crippen molar-refractivity contribution < 1.29 is 44.9 Å². The number of hydrogen-bond acceptors (Lipinski definition) is 9. The largest absolute Gasteiger partial charge is 0.487 e. The zero-order chi connectivity index (χ0) is 54.6. The molecule has 76 heavy (non-hydrogen) atoms. The van der Waals surface area contributed by atoms with E-state index in [-0.39, 0.29) is 27.7 Å². The molecule has 4 saturated carbocycles. The van der Waals surface area contributed by atoms with Crippen molar-refractivity contribution >= 4 is 26.0 Å². The lowest BCUT2D eigenvalue weighted by Crippen LogP contribution is -2.55. The first-order valence-electron chi connectivity index (χ1n) is 26.6. The van der Waals surface area contributed by atoms with Gasteiger partial charge in [0.1, 0.15) is 45.3 Å². The van der Waals surface area contributed by atoms with Crippen LogP contribution in [0.2, 0.25) is 0 Å². The van der Waals surface area contributed by atoms with Crippen LogP contribution in [0.3, 0.4) is 0 Å². The van der Waals surface area contributed by atoms with Gasteiger partial charge in [-0.25, -0.2) is 0 Å². The van der Waals surface area contributed by atoms with Gasteiger partial charge in [0, 0.05) is 16.5 Å². The quantitative estimate of drug-likeness (QED) is 0.0583. The highest BCUT2D eigenvalue weighted by atomic mass is 32.2. The molecule has 3 atom stereocenters. The van der Waals surface area contributed by atoms with E-state index >= 15 is 0 Å². The first-order valence-corrected chi connectivity index (χ1v) is 29.5. The highest BCUT2D eigenvalue weighted by Crippen LogP contribution is 2.66. The maximum absolute atomic E-state index is 13.8. The molecule has 0 saturated heterocycles. The second-order valence-electron chi connectivity index (χ2n) is 22.7. The Balaban J connectivity index is 0.943. The zero-order valence-corrected chi connectivity index (χ0v) is 46.4. The van der Waals surface area contributed by atoms with Crippen LogP contribution in [-0.4, -0.2) is 37.3 Å². The van der Waals surface area contributed by atoms with Gasteiger partial charge < -0.3 is 14.2 Å². The van der Waals surface area contributed by atoms with Gasteiger partial charge in [-0.15, -0.1) is 0 Å². The summed E-state index contributed by atoms with van der Waals surface area (Å²) in [6.45, 7) is 16.2. The summed E-state index contributed by atoms with van der Waals surface area (Å²) in [5, 5.41) is 10.7. The predicted octanol–water partition coefficient (Wildman–Crippen LogP) is 15.0. The number of rotatable bonds is 19. The second-order valence-corrected chi connectivity index (χ2v) is 25.5. The fourth-order valence-corrected chi connectivity index (χ4v) is 15.4. The van der Waals surface area contributed by atoms with Crippen molar-refractivity contribution in [1.82, 2.24) is 0 Å². The van der Waals surface area contributed by atoms with E-state index in [2.05, 4.69) is 76.2 Å². The Morgan fingerprint density at radius 2 is 1.12 bits per heavy atom. The van der Waals surface area contributed by atoms with Crippen LogP contribution in [0.25, 0.3) is 0 Å². The monoisotopic (exact) mass is 1060 g/mol. The molecule has 6 aromatic rings. The minimum Gasteiger partial charge on any atom is -0.487 e. The SMILES string of the molecule is CCC(C)(C)c1ccc(C(=O)c2ccc(Oc3ccc(C45CC6CC(C4)CC(c4ccc(OC(C)(CC)C(CC)(CC)c7cccc(Oc8ccc(C)cc8)c7C#N)cc4)(C6)C5)cc3)c(S(=O)(=O)O)c2)cc1S(=O)(=O)O. The third kappa shape index (κ3) is 9.98. The molecule has 4 bridgehead atoms. The van der Waals surface area contributed by atoms with E-state index in [1.165, 1.54) is 41.8 Å². The first-order chi connectivity index (χ1) is 35.9. The third-order valence-corrected chi connectivity index (χ3v) is 19.7. The summed E-state index contributed by atoms with van der Waals surface area (Å²) in [4.78, 5) is 12.7. The van der Waals surface area contributed by atoms with Gasteiger partial charge in [-0.2, -0.15) is 22.1 Å². The van der Waals surface area contributed by atoms with E-state index in [0.717, 1.165) is 74.0 Å². The standard InChI is InChI=1S/C63H69NO10S2/c1-9-59(6,7)53-30-18-44(33-56(53)75(66,67)68)58(65)45-19-31-55(57(34-45)76(69,70)71)73-49-26-20-46(21-27-49)61-35-42-32-43(36-61)38-62(37-42,40-61)47-22-28-50(29-23-47)74-60(8,10-2)63(11-3,12-4)52-14-13-15-54(51(52)39-64)72-48-24-16-41(5)17-25-48/h13-31,33-34,42-43H,9-12,32,35-38,40H2,1-8H3,(H,66,67,68)(H,69,70,71). The van der Waals surface area contributed by atoms with Crippen LogP contribution in [0.15, 0.2) is 137 Å². The molecule has 4 fully saturated rings. The van der Waals surface area contributed by atoms with E-state index < -0.39 is 52.2 Å². The normalized spacial score (nSPS) is 21.1. The highest BCUT2D eigenvalue weighted by Gasteiger charge is 2.59. The Hall–Kier alpha value is -6.30. The Kier molecular flexibility index (Phi) is 14.5. The van der Waals surface area contributed by atoms with Gasteiger partial charge in [0.15, 0.2) is 5.78 Å². The lowest BCUT2D eigenvalue weighted by atomic mass is 9.42. The van der Waals surface area contributed by atoms with Crippen LogP contribution >= 0.6 is 0 Å². The van der Waals surface area contributed by atoms with Crippen molar-refractivity contribution in [2.45, 2.75) is 157 Å². The number of ketones is 1. The average Bonchev–Trinajstić information content (AvgIpc) is 3.43. The number of hydrogen-bond donors (Lipinski definition) is 2. The summed E-state index contributed by atoms with van der Waals surface area (Å²) in [5.41, 5.74) is 3.28. The van der Waals surface area contributed by atoms with Crippen LogP contribution in [0.5, 0.6) is 28.7 Å². The molecule has 13 heteroatoms. The molecule has 0 heterocycles. The van der Waals surface area contributed by atoms with Gasteiger partial charge in [-0.3, -0.25) is 13.9 Å². The average molecular weight is 1060 g/mol. The van der Waals surface area contributed by atoms with E-state index in [4.69, 9.17) is 14.2 Å². The Labute approximate surface area is 449 Å². The lowest BCUT2D eigenvalue weighted by Gasteiger charge is -2.63. The number of carbonyl (C=O) groups is 1. The van der Waals surface area contributed by atoms with E-state index in [1.807, 2.05) is 76.2 Å². The Morgan fingerprint density at radius 3 is 1.62 bits per heavy atom. The van der Waals surface area contributed by atoms with Crippen molar-refractivity contribution in [3.05, 3.63) is 172 Å². The van der Waals surface area contributed by atoms with E-state index in [0.29, 0.717) is 53.1 Å². The fraction of sp³-hybridized carbons (Fsp3) is 0.397. The molecule has 4 aliphatic carbocycles. The van der Waals surface area contributed by atoms with Crippen LogP contribution in [0, 0.1) is 30.1 Å². The number of benzene rings is 6. The summed E-state index contributed by atoms with van der Waals surface area (Å²) in [6.07, 6.45) is 9.33. The molecule has 3 unspecified atom stereocenters. The number of carbonyl (C=O) groups excluding carboxylic acids is 1. The molecular formula is C63H69NO10S2. The summed E-state index contributed by atoms with van der Waals surface area (Å²) < 4.78 is 90.7. The van der Waals surface area contributed by atoms with Crippen LogP contribution in [0.4, 0.5) is 0 Å². The lowest BCUT2D eigenvalue weighted by molar-refractivity contribution is -0.0283. The number of nitriles is 1. The van der Waals surface area contributed by atoms with Gasteiger partial charge in [0.2, 0.25) is 0 Å². The smallest absolute Gasteiger partial charge is 0.298 e. The minimum absolute atomic E-state index is 0.0202. The highest BCUT2D eigenvalue weighted by molar-refractivity contribution is 7.86. The summed E-state index contributed by atoms with van der Waals surface area (Å²) in [5.74, 6) is 2.55. The maximum atomic E-state index is 13.8. The molecular weight excluding hydrogens is 995 g/mol. The van der Waals surface area contributed by atoms with E-state index in [9.17, 15) is 36.0 Å².